The maximum absolute atomic E-state index is 6.29. The molecule has 2 rings (SSSR count). The van der Waals surface area contributed by atoms with E-state index < -0.39 is 8.32 Å². The smallest absolute Gasteiger partial charge is 0.192 e. The van der Waals surface area contributed by atoms with Crippen LogP contribution in [-0.2, 0) is 11.0 Å². The molecule has 0 aliphatic rings. The van der Waals surface area contributed by atoms with E-state index in [9.17, 15) is 0 Å². The molecule has 1 unspecified atom stereocenters. The van der Waals surface area contributed by atoms with Crippen LogP contribution in [0.4, 0.5) is 0 Å². The highest BCUT2D eigenvalue weighted by Crippen LogP contribution is 2.37. The quantitative estimate of drug-likeness (QED) is 0.586. The molecular weight excluding hydrogens is 312 g/mol. The second-order valence-corrected chi connectivity index (χ2v) is 12.5. The van der Waals surface area contributed by atoms with E-state index in [1.807, 2.05) is 48.5 Å². The van der Waals surface area contributed by atoms with Crippen molar-refractivity contribution in [3.8, 4) is 5.75 Å². The Morgan fingerprint density at radius 1 is 1.00 bits per heavy atom. The van der Waals surface area contributed by atoms with Gasteiger partial charge in [0.25, 0.3) is 0 Å². The third-order valence-corrected chi connectivity index (χ3v) is 9.23. The minimum Gasteiger partial charge on any atom is -0.486 e. The molecule has 2 aromatic carbocycles. The van der Waals surface area contributed by atoms with Gasteiger partial charge in [0.2, 0.25) is 0 Å². The first kappa shape index (κ1) is 18.8. The van der Waals surface area contributed by atoms with Crippen LogP contribution in [0, 0.1) is 6.92 Å². The third-order valence-electron chi connectivity index (χ3n) is 4.75. The van der Waals surface area contributed by atoms with Gasteiger partial charge in [-0.25, -0.2) is 0 Å². The fourth-order valence-electron chi connectivity index (χ4n) is 2.09. The average Bonchev–Trinajstić information content (AvgIpc) is 2.53. The maximum atomic E-state index is 6.29. The number of hydrogen-bond donors (Lipinski definition) is 0. The summed E-state index contributed by atoms with van der Waals surface area (Å²) in [5.74, 6) is 0.829. The fraction of sp³-hybridized carbons (Fsp3) is 0.381. The summed E-state index contributed by atoms with van der Waals surface area (Å²) >= 11 is 0. The molecule has 1 radical (unpaired) electrons. The van der Waals surface area contributed by atoms with E-state index in [-0.39, 0.29) is 11.1 Å². The number of hydrogen-bond acceptors (Lipinski definition) is 2. The van der Waals surface area contributed by atoms with Gasteiger partial charge in [-0.2, -0.15) is 0 Å². The van der Waals surface area contributed by atoms with Crippen LogP contribution in [0.1, 0.15) is 38.0 Å². The Morgan fingerprint density at radius 3 is 2.29 bits per heavy atom. The fourth-order valence-corrected chi connectivity index (χ4v) is 3.05. The minimum atomic E-state index is -1.74. The Kier molecular flexibility index (Phi) is 5.89. The van der Waals surface area contributed by atoms with E-state index in [0.29, 0.717) is 6.61 Å². The van der Waals surface area contributed by atoms with Crippen LogP contribution >= 0.6 is 0 Å². The average molecular weight is 342 g/mol. The Labute approximate surface area is 148 Å². The van der Waals surface area contributed by atoms with Crippen molar-refractivity contribution < 1.29 is 9.16 Å². The molecule has 0 bridgehead atoms. The normalized spacial score (nSPS) is 13.6. The topological polar surface area (TPSA) is 18.5 Å². The van der Waals surface area contributed by atoms with Crippen LogP contribution in [0.2, 0.25) is 18.1 Å². The van der Waals surface area contributed by atoms with Crippen molar-refractivity contribution in [3.05, 3.63) is 72.6 Å². The monoisotopic (exact) mass is 341 g/mol. The van der Waals surface area contributed by atoms with Gasteiger partial charge in [0.15, 0.2) is 8.32 Å². The molecule has 0 heterocycles. The number of rotatable bonds is 6. The molecule has 129 valence electrons. The lowest BCUT2D eigenvalue weighted by molar-refractivity contribution is 0.250. The van der Waals surface area contributed by atoms with Crippen LogP contribution < -0.4 is 4.74 Å². The molecule has 0 saturated heterocycles. The van der Waals surface area contributed by atoms with Crippen LogP contribution in [0.25, 0.3) is 0 Å². The van der Waals surface area contributed by atoms with E-state index in [4.69, 9.17) is 9.16 Å². The highest BCUT2D eigenvalue weighted by Gasteiger charge is 2.37. The van der Waals surface area contributed by atoms with E-state index in [2.05, 4.69) is 46.9 Å². The molecule has 2 nitrogen and oxygen atoms in total. The molecule has 0 N–H and O–H groups in total. The molecular formula is C21H29O2Si. The summed E-state index contributed by atoms with van der Waals surface area (Å²) in [6.45, 7) is 16.0. The van der Waals surface area contributed by atoms with Gasteiger partial charge in [-0.05, 0) is 48.3 Å². The second kappa shape index (κ2) is 7.54. The molecule has 0 amide bonds. The standard InChI is InChI=1S/C21H29O2Si/c1-17(19-12-8-7-9-13-19)23-20-14-10-11-18(15-20)16-22-24(5,6)21(2,3)4/h7-15,17H,1,16H2,2-6H3. The van der Waals surface area contributed by atoms with Gasteiger partial charge in [-0.1, -0.05) is 63.2 Å². The van der Waals surface area contributed by atoms with Crippen LogP contribution in [0.5, 0.6) is 5.75 Å². The van der Waals surface area contributed by atoms with Crippen molar-refractivity contribution in [2.75, 3.05) is 0 Å². The summed E-state index contributed by atoms with van der Waals surface area (Å²) < 4.78 is 12.3. The Bertz CT molecular complexity index is 644. The van der Waals surface area contributed by atoms with E-state index in [0.717, 1.165) is 16.9 Å². The molecule has 0 aromatic heterocycles. The lowest BCUT2D eigenvalue weighted by Crippen LogP contribution is -2.40. The zero-order valence-corrected chi connectivity index (χ0v) is 16.5. The van der Waals surface area contributed by atoms with Crippen molar-refractivity contribution in [1.82, 2.24) is 0 Å². The summed E-state index contributed by atoms with van der Waals surface area (Å²) in [4.78, 5) is 0. The Balaban J connectivity index is 2.02. The van der Waals surface area contributed by atoms with Gasteiger partial charge >= 0.3 is 0 Å². The summed E-state index contributed by atoms with van der Waals surface area (Å²) in [6, 6.07) is 18.2. The molecule has 0 fully saturated rings. The predicted octanol–water partition coefficient (Wildman–Crippen LogP) is 6.16. The van der Waals surface area contributed by atoms with Gasteiger partial charge in [0, 0.05) is 0 Å². The molecule has 1 atom stereocenters. The van der Waals surface area contributed by atoms with Gasteiger partial charge < -0.3 is 9.16 Å². The summed E-state index contributed by atoms with van der Waals surface area (Å²) in [7, 11) is -1.74. The summed E-state index contributed by atoms with van der Waals surface area (Å²) in [5, 5.41) is 0.215. The lowest BCUT2D eigenvalue weighted by Gasteiger charge is -2.36. The van der Waals surface area contributed by atoms with Gasteiger partial charge in [-0.3, -0.25) is 0 Å². The lowest BCUT2D eigenvalue weighted by atomic mass is 10.1. The summed E-state index contributed by atoms with van der Waals surface area (Å²) in [5.41, 5.74) is 2.21. The maximum Gasteiger partial charge on any atom is 0.192 e. The third kappa shape index (κ3) is 4.95. The molecule has 0 spiro atoms. The minimum absolute atomic E-state index is 0.215. The van der Waals surface area contributed by atoms with Crippen molar-refractivity contribution in [2.45, 2.75) is 51.6 Å². The highest BCUT2D eigenvalue weighted by molar-refractivity contribution is 6.74. The molecule has 0 aliphatic heterocycles. The largest absolute Gasteiger partial charge is 0.486 e. The van der Waals surface area contributed by atoms with E-state index in [1.165, 1.54) is 0 Å². The second-order valence-electron chi connectivity index (χ2n) is 7.71. The van der Waals surface area contributed by atoms with E-state index >= 15 is 0 Å². The first-order valence-corrected chi connectivity index (χ1v) is 11.4. The van der Waals surface area contributed by atoms with Crippen LogP contribution in [0.3, 0.4) is 0 Å². The zero-order chi connectivity index (χ0) is 17.8. The molecule has 0 aliphatic carbocycles. The Morgan fingerprint density at radius 2 is 1.67 bits per heavy atom. The Hall–Kier alpha value is -1.58. The molecule has 2 aromatic rings. The SMILES string of the molecule is [CH2]C(Oc1cccc(CO[Si](C)(C)C(C)(C)C)c1)c1ccccc1. The number of benzene rings is 2. The van der Waals surface area contributed by atoms with Crippen molar-refractivity contribution >= 4 is 8.32 Å². The van der Waals surface area contributed by atoms with E-state index in [1.54, 1.807) is 0 Å². The first-order chi connectivity index (χ1) is 11.2. The predicted molar refractivity (Wildman–Crippen MR) is 104 cm³/mol. The van der Waals surface area contributed by atoms with Crippen molar-refractivity contribution in [1.29, 1.82) is 0 Å². The van der Waals surface area contributed by atoms with Gasteiger partial charge in [-0.15, -0.1) is 0 Å². The highest BCUT2D eigenvalue weighted by atomic mass is 28.4. The molecule has 24 heavy (non-hydrogen) atoms. The van der Waals surface area contributed by atoms with Crippen molar-refractivity contribution in [3.63, 3.8) is 0 Å². The van der Waals surface area contributed by atoms with Crippen molar-refractivity contribution in [2.24, 2.45) is 0 Å². The zero-order valence-electron chi connectivity index (χ0n) is 15.5. The van der Waals surface area contributed by atoms with Gasteiger partial charge in [0.05, 0.1) is 6.61 Å². The summed E-state index contributed by atoms with van der Waals surface area (Å²) in [6.07, 6.45) is -0.220. The van der Waals surface area contributed by atoms with Crippen LogP contribution in [-0.4, -0.2) is 8.32 Å². The van der Waals surface area contributed by atoms with Crippen LogP contribution in [0.15, 0.2) is 54.6 Å². The first-order valence-electron chi connectivity index (χ1n) is 8.47. The molecule has 0 saturated carbocycles. The van der Waals surface area contributed by atoms with Gasteiger partial charge in [0.1, 0.15) is 11.9 Å². The molecule has 3 heteroatoms. The number of ether oxygens (including phenoxy) is 1.